The largest absolute Gasteiger partial charge is 0.338 e. The maximum Gasteiger partial charge on any atom is 0.338 e. The monoisotopic (exact) mass is 1570 g/mol. The molecule has 0 aromatic heterocycles. The van der Waals surface area contributed by atoms with Crippen LogP contribution in [-0.4, -0.2) is 134 Å². The molecule has 114 heavy (non-hydrogen) atoms. The summed E-state index contributed by atoms with van der Waals surface area (Å²) in [7, 11) is 0. The zero-order valence-corrected chi connectivity index (χ0v) is 63.5. The van der Waals surface area contributed by atoms with Crippen LogP contribution in [0.25, 0.3) is 0 Å². The number of hydrogen-bond acceptors (Lipinski definition) is 18. The number of unbranched alkanes of at least 4 members (excludes halogenated alkanes) is 3. The molecule has 24 amide bonds. The SMILES string of the molecule is CC1C(=O)NC(=O)NC1=O.CCCCC1C(=O)N(Cc2ccccc2)C(=O)N(c2ccccc2)C1=O.CCCCC1C(=O)NC(=O)NC1=O.CCCCN1C(=O)NC(=O)C(Cc2ccccc2)C1=O.O=C1C(Cl)C(=O)N(c2ccccc2)C(=O)N1Cc1ccccc1.O=C1NC(=O)N(c2ccccc2)C(=O)C1Cc1ccccc1. The van der Waals surface area contributed by atoms with E-state index >= 15 is 0 Å². The van der Waals surface area contributed by atoms with E-state index in [0.29, 0.717) is 42.9 Å². The number of imide groups is 12. The first-order valence-corrected chi connectivity index (χ1v) is 37.2. The van der Waals surface area contributed by atoms with E-state index < -0.39 is 142 Å². The van der Waals surface area contributed by atoms with E-state index in [1.54, 1.807) is 97.1 Å². The van der Waals surface area contributed by atoms with Crippen molar-refractivity contribution < 1.29 is 86.3 Å². The van der Waals surface area contributed by atoms with Gasteiger partial charge in [-0.15, -0.1) is 11.6 Å². The number of nitrogens with one attached hydrogen (secondary N) is 6. The third kappa shape index (κ3) is 22.8. The van der Waals surface area contributed by atoms with E-state index in [1.807, 2.05) is 147 Å². The summed E-state index contributed by atoms with van der Waals surface area (Å²) in [5.41, 5.74) is 4.75. The molecule has 4 atom stereocenters. The Labute approximate surface area is 661 Å². The molecule has 6 heterocycles. The summed E-state index contributed by atoms with van der Waals surface area (Å²) < 4.78 is 0. The number of carbonyl (C=O) groups is 18. The average molecular weight is 1570 g/mol. The molecule has 7 aromatic carbocycles. The van der Waals surface area contributed by atoms with Crippen molar-refractivity contribution in [3.63, 3.8) is 0 Å². The highest BCUT2D eigenvalue weighted by Crippen LogP contribution is 2.31. The highest BCUT2D eigenvalue weighted by atomic mass is 35.5. The number of alkyl halides is 1. The smallest absolute Gasteiger partial charge is 0.277 e. The summed E-state index contributed by atoms with van der Waals surface area (Å²) in [5, 5.41) is 11.1. The molecule has 30 nitrogen and oxygen atoms in total. The second kappa shape index (κ2) is 42.1. The molecular formula is C83H85ClN12O18. The lowest BCUT2D eigenvalue weighted by molar-refractivity contribution is -0.144. The second-order valence-corrected chi connectivity index (χ2v) is 26.9. The van der Waals surface area contributed by atoms with Crippen LogP contribution in [-0.2, 0) is 83.5 Å². The Morgan fingerprint density at radius 2 is 0.605 bits per heavy atom. The molecule has 7 aromatic rings. The Morgan fingerprint density at radius 3 is 1.01 bits per heavy atom. The summed E-state index contributed by atoms with van der Waals surface area (Å²) in [6.07, 6.45) is 6.54. The van der Waals surface area contributed by atoms with E-state index in [2.05, 4.69) is 21.3 Å². The van der Waals surface area contributed by atoms with Crippen LogP contribution in [0.3, 0.4) is 0 Å². The normalized spacial score (nSPS) is 18.5. The number of urea groups is 6. The van der Waals surface area contributed by atoms with Crippen LogP contribution < -0.4 is 46.6 Å². The summed E-state index contributed by atoms with van der Waals surface area (Å²) in [5.74, 6) is -10.2. The van der Waals surface area contributed by atoms with Gasteiger partial charge in [0, 0.05) is 6.54 Å². The van der Waals surface area contributed by atoms with Crippen LogP contribution in [0.5, 0.6) is 0 Å². The van der Waals surface area contributed by atoms with E-state index in [9.17, 15) is 86.3 Å². The Kier molecular flexibility index (Phi) is 31.8. The van der Waals surface area contributed by atoms with Crippen molar-refractivity contribution in [2.24, 2.45) is 29.6 Å². The molecule has 0 radical (unpaired) electrons. The highest BCUT2D eigenvalue weighted by molar-refractivity contribution is 6.48. The molecule has 0 bridgehead atoms. The maximum atomic E-state index is 13.0. The van der Waals surface area contributed by atoms with Crippen molar-refractivity contribution >= 4 is 136 Å². The van der Waals surface area contributed by atoms with E-state index in [-0.39, 0.29) is 19.5 Å². The number of rotatable bonds is 20. The standard InChI is InChI=1S/C21H22N2O3.C17H13ClN2O3.C17H14N2O3.C15H18N2O3.C8H12N2O3.C5H6N2O3/c1-2-3-14-18-19(24)22(15-16-10-6-4-7-11-16)21(26)23(20(18)25)17-12-8-5-9-13-17;18-14-15(21)19(11-12-7-3-1-4-8-12)17(23)20(16(14)22)13-9-5-2-6-10-13;20-15-14(11-12-7-3-1-4-8-12)16(21)19(17(22)18-15)13-9-5-2-6-10-13;1-2-3-9-17-14(19)12(13(18)16-15(17)20)10-11-7-5-4-6-8-11;1-2-3-4-5-6(11)9-8(13)10-7(5)12;1-2-3(8)6-5(10)7-4(2)9/h4-13,18H,2-3,14-15H2,1H3;1-10,14H,11H2;1-10,14H,11H2,(H,18,20,22);4-8,12H,2-3,9-10H2,1H3,(H,16,18,20);5H,2-4H2,1H3,(H2,9,10,11,12,13);2H,1H3,(H2,6,7,8,9,10). The van der Waals surface area contributed by atoms with Crippen molar-refractivity contribution in [2.75, 3.05) is 21.2 Å². The first kappa shape index (κ1) is 86.1. The molecule has 6 N–H and O–H groups in total. The first-order valence-electron chi connectivity index (χ1n) is 36.8. The lowest BCUT2D eigenvalue weighted by Crippen LogP contribution is -2.60. The first-order chi connectivity index (χ1) is 54.8. The number of para-hydroxylation sites is 3. The van der Waals surface area contributed by atoms with Gasteiger partial charge in [-0.1, -0.05) is 229 Å². The number of nitrogens with zero attached hydrogens (tertiary/aromatic N) is 6. The van der Waals surface area contributed by atoms with Gasteiger partial charge in [-0.25, -0.2) is 43.5 Å². The molecular weight excluding hydrogens is 1490 g/mol. The summed E-state index contributed by atoms with van der Waals surface area (Å²) >= 11 is 5.95. The van der Waals surface area contributed by atoms with Crippen LogP contribution in [0.4, 0.5) is 45.8 Å². The van der Waals surface area contributed by atoms with Gasteiger partial charge in [-0.3, -0.25) is 104 Å². The number of benzene rings is 7. The molecule has 31 heteroatoms. The van der Waals surface area contributed by atoms with Gasteiger partial charge in [0.1, 0.15) is 29.6 Å². The van der Waals surface area contributed by atoms with Crippen LogP contribution in [0.15, 0.2) is 212 Å². The van der Waals surface area contributed by atoms with E-state index in [0.717, 1.165) is 85.3 Å². The molecule has 6 aliphatic rings. The van der Waals surface area contributed by atoms with Gasteiger partial charge in [0.15, 0.2) is 5.38 Å². The minimum atomic E-state index is -1.41. The summed E-state index contributed by atoms with van der Waals surface area (Å²) in [6, 6.07) is 58.8. The molecule has 4 unspecified atom stereocenters. The predicted molar refractivity (Wildman–Crippen MR) is 416 cm³/mol. The Bertz CT molecular complexity index is 4650. The van der Waals surface area contributed by atoms with Crippen LogP contribution in [0.2, 0.25) is 0 Å². The molecule has 6 aliphatic heterocycles. The highest BCUT2D eigenvalue weighted by Gasteiger charge is 2.48. The van der Waals surface area contributed by atoms with Gasteiger partial charge in [-0.05, 0) is 97.7 Å². The Morgan fingerprint density at radius 1 is 0.298 bits per heavy atom. The number of carbonyl (C=O) groups excluding carboxylic acids is 18. The van der Waals surface area contributed by atoms with Gasteiger partial charge in [0.25, 0.3) is 11.8 Å². The fourth-order valence-electron chi connectivity index (χ4n) is 12.0. The van der Waals surface area contributed by atoms with Gasteiger partial charge in [0.2, 0.25) is 59.1 Å². The third-order valence-corrected chi connectivity index (χ3v) is 18.6. The minimum Gasteiger partial charge on any atom is -0.277 e. The topological polar surface area (TPSA) is 399 Å². The fraction of sp³-hybridized carbons (Fsp3) is 0.277. The molecule has 0 spiro atoms. The summed E-state index contributed by atoms with van der Waals surface area (Å²) in [6.45, 7) is 8.00. The zero-order valence-electron chi connectivity index (χ0n) is 62.8. The molecule has 0 saturated carbocycles. The fourth-order valence-corrected chi connectivity index (χ4v) is 12.2. The van der Waals surface area contributed by atoms with Crippen molar-refractivity contribution in [1.82, 2.24) is 46.6 Å². The molecule has 0 aliphatic carbocycles. The lowest BCUT2D eigenvalue weighted by Gasteiger charge is -2.37. The number of hydrogen-bond donors (Lipinski definition) is 6. The lowest BCUT2D eigenvalue weighted by atomic mass is 9.95. The van der Waals surface area contributed by atoms with Gasteiger partial charge < -0.3 is 0 Å². The van der Waals surface area contributed by atoms with E-state index in [1.165, 1.54) is 11.8 Å². The van der Waals surface area contributed by atoms with Gasteiger partial charge >= 0.3 is 36.2 Å². The summed E-state index contributed by atoms with van der Waals surface area (Å²) in [4.78, 5) is 219. The second-order valence-electron chi connectivity index (χ2n) is 26.4. The zero-order chi connectivity index (χ0) is 82.5. The van der Waals surface area contributed by atoms with Gasteiger partial charge in [-0.2, -0.15) is 0 Å². The number of halogens is 1. The van der Waals surface area contributed by atoms with Crippen LogP contribution in [0.1, 0.15) is 101 Å². The predicted octanol–water partition coefficient (Wildman–Crippen LogP) is 9.78. The number of amides is 24. The molecule has 13 rings (SSSR count). The molecule has 592 valence electrons. The molecule has 6 saturated heterocycles. The van der Waals surface area contributed by atoms with Crippen LogP contribution >= 0.6 is 11.6 Å². The minimum absolute atomic E-state index is 0.0678. The van der Waals surface area contributed by atoms with Gasteiger partial charge in [0.05, 0.1) is 30.2 Å². The van der Waals surface area contributed by atoms with Crippen molar-refractivity contribution in [1.29, 1.82) is 0 Å². The number of anilines is 3. The van der Waals surface area contributed by atoms with E-state index in [4.69, 9.17) is 11.6 Å². The van der Waals surface area contributed by atoms with Crippen molar-refractivity contribution in [2.45, 2.75) is 110 Å². The average Bonchev–Trinajstić information content (AvgIpc) is 0.762. The third-order valence-electron chi connectivity index (χ3n) is 18.2. The van der Waals surface area contributed by atoms with Crippen LogP contribution in [0, 0.1) is 29.6 Å². The quantitative estimate of drug-likeness (QED) is 0.0305. The Balaban J connectivity index is 0.000000175. The molecule has 6 fully saturated rings. The van der Waals surface area contributed by atoms with Crippen molar-refractivity contribution in [3.8, 4) is 0 Å². The Hall–Kier alpha value is -13.5. The van der Waals surface area contributed by atoms with Crippen molar-refractivity contribution in [3.05, 3.63) is 235 Å². The number of barbiturate groups is 6. The maximum absolute atomic E-state index is 13.0.